The van der Waals surface area contributed by atoms with E-state index in [4.69, 9.17) is 16.3 Å². The monoisotopic (exact) mass is 402 g/mol. The Bertz CT molecular complexity index is 914. The molecule has 0 radical (unpaired) electrons. The van der Waals surface area contributed by atoms with Gasteiger partial charge in [-0.25, -0.2) is 4.98 Å². The first-order valence-corrected chi connectivity index (χ1v) is 9.66. The lowest BCUT2D eigenvalue weighted by atomic mass is 10.1. The van der Waals surface area contributed by atoms with Gasteiger partial charge in [0.1, 0.15) is 5.75 Å². The summed E-state index contributed by atoms with van der Waals surface area (Å²) in [5.74, 6) is 1.53. The summed E-state index contributed by atoms with van der Waals surface area (Å²) in [5.41, 5.74) is 1.78. The van der Waals surface area contributed by atoms with Gasteiger partial charge in [-0.15, -0.1) is 5.10 Å². The molecule has 6 nitrogen and oxygen atoms in total. The van der Waals surface area contributed by atoms with Gasteiger partial charge in [-0.3, -0.25) is 9.89 Å². The van der Waals surface area contributed by atoms with Crippen LogP contribution < -0.4 is 10.1 Å². The molecule has 1 heterocycles. The number of aromatic nitrogens is 3. The number of hydrogen-bond donors (Lipinski definition) is 2. The third-order valence-corrected chi connectivity index (χ3v) is 5.10. The number of benzene rings is 2. The Morgan fingerprint density at radius 1 is 1.26 bits per heavy atom. The highest BCUT2D eigenvalue weighted by Gasteiger charge is 2.14. The molecule has 1 unspecified atom stereocenters. The quantitative estimate of drug-likeness (QED) is 0.581. The molecule has 0 fully saturated rings. The molecule has 140 valence electrons. The van der Waals surface area contributed by atoms with E-state index in [1.165, 1.54) is 11.8 Å². The van der Waals surface area contributed by atoms with Gasteiger partial charge < -0.3 is 10.1 Å². The first-order chi connectivity index (χ1) is 13.1. The van der Waals surface area contributed by atoms with Crippen LogP contribution in [0.1, 0.15) is 18.5 Å². The van der Waals surface area contributed by atoms with Gasteiger partial charge in [-0.2, -0.15) is 0 Å². The van der Waals surface area contributed by atoms with Gasteiger partial charge in [-0.1, -0.05) is 41.6 Å². The highest BCUT2D eigenvalue weighted by molar-refractivity contribution is 7.99. The molecule has 27 heavy (non-hydrogen) atoms. The van der Waals surface area contributed by atoms with Crippen LogP contribution in [0.5, 0.6) is 5.75 Å². The number of amides is 1. The zero-order valence-corrected chi connectivity index (χ0v) is 16.5. The number of methoxy groups -OCH3 is 1. The highest BCUT2D eigenvalue weighted by Crippen LogP contribution is 2.23. The largest absolute Gasteiger partial charge is 0.497 e. The number of H-pyrrole nitrogens is 1. The van der Waals surface area contributed by atoms with Crippen molar-refractivity contribution in [2.75, 3.05) is 12.9 Å². The number of aromatic amines is 1. The van der Waals surface area contributed by atoms with E-state index in [2.05, 4.69) is 20.5 Å². The summed E-state index contributed by atoms with van der Waals surface area (Å²) in [6, 6.07) is 14.8. The molecule has 0 aliphatic rings. The summed E-state index contributed by atoms with van der Waals surface area (Å²) in [6.45, 7) is 1.90. The van der Waals surface area contributed by atoms with Crippen molar-refractivity contribution in [3.8, 4) is 17.1 Å². The summed E-state index contributed by atoms with van der Waals surface area (Å²) in [6.07, 6.45) is 0. The maximum Gasteiger partial charge on any atom is 0.230 e. The van der Waals surface area contributed by atoms with Crippen molar-refractivity contribution in [3.63, 3.8) is 0 Å². The summed E-state index contributed by atoms with van der Waals surface area (Å²) >= 11 is 7.44. The number of nitrogens with one attached hydrogen (secondary N) is 2. The molecule has 0 spiro atoms. The first kappa shape index (κ1) is 19.3. The summed E-state index contributed by atoms with van der Waals surface area (Å²) < 4.78 is 5.14. The molecule has 2 N–H and O–H groups in total. The van der Waals surface area contributed by atoms with Crippen molar-refractivity contribution in [1.82, 2.24) is 20.5 Å². The summed E-state index contributed by atoms with van der Waals surface area (Å²) in [7, 11) is 1.62. The Morgan fingerprint density at radius 3 is 2.70 bits per heavy atom. The smallest absolute Gasteiger partial charge is 0.230 e. The van der Waals surface area contributed by atoms with Gasteiger partial charge in [0.2, 0.25) is 11.1 Å². The third-order valence-electron chi connectivity index (χ3n) is 3.91. The molecule has 1 amide bonds. The van der Waals surface area contributed by atoms with Gasteiger partial charge in [-0.05, 0) is 42.8 Å². The molecule has 3 aromatic rings. The fourth-order valence-electron chi connectivity index (χ4n) is 2.51. The summed E-state index contributed by atoms with van der Waals surface area (Å²) in [4.78, 5) is 16.6. The van der Waals surface area contributed by atoms with Crippen LogP contribution in [-0.2, 0) is 4.79 Å². The SMILES string of the molecule is COc1ccc(-c2nc(SCC(=O)NC(C)c3ccccc3Cl)n[nH]2)cc1. The fourth-order valence-corrected chi connectivity index (χ4v) is 3.42. The third kappa shape index (κ3) is 5.02. The topological polar surface area (TPSA) is 79.9 Å². The summed E-state index contributed by atoms with van der Waals surface area (Å²) in [5, 5.41) is 11.1. The Morgan fingerprint density at radius 2 is 2.00 bits per heavy atom. The molecule has 1 atom stereocenters. The van der Waals surface area contributed by atoms with Gasteiger partial charge in [0.25, 0.3) is 0 Å². The number of halogens is 1. The maximum atomic E-state index is 12.2. The fraction of sp³-hybridized carbons (Fsp3) is 0.211. The molecular weight excluding hydrogens is 384 g/mol. The van der Waals surface area contributed by atoms with Crippen molar-refractivity contribution < 1.29 is 9.53 Å². The van der Waals surface area contributed by atoms with E-state index in [1.807, 2.05) is 55.5 Å². The lowest BCUT2D eigenvalue weighted by Crippen LogP contribution is -2.28. The number of thioether (sulfide) groups is 1. The molecule has 3 rings (SSSR count). The van der Waals surface area contributed by atoms with Crippen LogP contribution >= 0.6 is 23.4 Å². The van der Waals surface area contributed by atoms with E-state index in [0.29, 0.717) is 16.0 Å². The van der Waals surface area contributed by atoms with Gasteiger partial charge in [0.15, 0.2) is 5.82 Å². The van der Waals surface area contributed by atoms with Crippen LogP contribution in [0.3, 0.4) is 0 Å². The van der Waals surface area contributed by atoms with Gasteiger partial charge >= 0.3 is 0 Å². The average molecular weight is 403 g/mol. The number of nitrogens with zero attached hydrogens (tertiary/aromatic N) is 2. The Balaban J connectivity index is 1.55. The van der Waals surface area contributed by atoms with E-state index in [9.17, 15) is 4.79 Å². The first-order valence-electron chi connectivity index (χ1n) is 8.30. The number of carbonyl (C=O) groups is 1. The zero-order chi connectivity index (χ0) is 19.2. The second-order valence-electron chi connectivity index (χ2n) is 5.79. The van der Waals surface area contributed by atoms with Crippen molar-refractivity contribution in [2.24, 2.45) is 0 Å². The van der Waals surface area contributed by atoms with Crippen LogP contribution in [0.4, 0.5) is 0 Å². The van der Waals surface area contributed by atoms with Crippen LogP contribution in [0, 0.1) is 0 Å². The minimum absolute atomic E-state index is 0.108. The molecule has 1 aromatic heterocycles. The molecule has 0 bridgehead atoms. The van der Waals surface area contributed by atoms with Crippen LogP contribution in [0.25, 0.3) is 11.4 Å². The zero-order valence-electron chi connectivity index (χ0n) is 14.9. The molecular formula is C19H19ClN4O2S. The Kier molecular flexibility index (Phi) is 6.36. The molecule has 0 saturated heterocycles. The predicted octanol–water partition coefficient (Wildman–Crippen LogP) is 4.10. The van der Waals surface area contributed by atoms with Crippen LogP contribution in [0.2, 0.25) is 5.02 Å². The molecule has 0 saturated carbocycles. The lowest BCUT2D eigenvalue weighted by molar-refractivity contribution is -0.119. The van der Waals surface area contributed by atoms with Crippen molar-refractivity contribution in [1.29, 1.82) is 0 Å². The average Bonchev–Trinajstić information content (AvgIpc) is 3.16. The van der Waals surface area contributed by atoms with Crippen molar-refractivity contribution >= 4 is 29.3 Å². The minimum Gasteiger partial charge on any atom is -0.497 e. The number of ether oxygens (including phenoxy) is 1. The lowest BCUT2D eigenvalue weighted by Gasteiger charge is -2.15. The molecule has 0 aliphatic carbocycles. The van der Waals surface area contributed by atoms with E-state index >= 15 is 0 Å². The van der Waals surface area contributed by atoms with Crippen molar-refractivity contribution in [3.05, 3.63) is 59.1 Å². The molecule has 2 aromatic carbocycles. The van der Waals surface area contributed by atoms with E-state index < -0.39 is 0 Å². The van der Waals surface area contributed by atoms with Crippen LogP contribution in [0.15, 0.2) is 53.7 Å². The second-order valence-corrected chi connectivity index (χ2v) is 7.14. The number of rotatable bonds is 7. The Hall–Kier alpha value is -2.51. The van der Waals surface area contributed by atoms with Crippen molar-refractivity contribution in [2.45, 2.75) is 18.1 Å². The standard InChI is InChI=1S/C19H19ClN4O2S/c1-12(15-5-3-4-6-16(15)20)21-17(25)11-27-19-22-18(23-24-19)13-7-9-14(26-2)10-8-13/h3-10,12H,11H2,1-2H3,(H,21,25)(H,22,23,24). The van der Waals surface area contributed by atoms with E-state index in [1.54, 1.807) is 7.11 Å². The minimum atomic E-state index is -0.172. The molecule has 0 aliphatic heterocycles. The normalized spacial score (nSPS) is 11.8. The van der Waals surface area contributed by atoms with Gasteiger partial charge in [0.05, 0.1) is 18.9 Å². The maximum absolute atomic E-state index is 12.2. The van der Waals surface area contributed by atoms with E-state index in [-0.39, 0.29) is 17.7 Å². The second kappa shape index (κ2) is 8.92. The Labute approximate surface area is 166 Å². The number of hydrogen-bond acceptors (Lipinski definition) is 5. The number of carbonyl (C=O) groups excluding carboxylic acids is 1. The predicted molar refractivity (Wildman–Crippen MR) is 107 cm³/mol. The molecule has 8 heteroatoms. The van der Waals surface area contributed by atoms with Crippen LogP contribution in [-0.4, -0.2) is 34.0 Å². The van der Waals surface area contributed by atoms with E-state index in [0.717, 1.165) is 16.9 Å². The van der Waals surface area contributed by atoms with Gasteiger partial charge in [0, 0.05) is 10.6 Å². The highest BCUT2D eigenvalue weighted by atomic mass is 35.5.